The lowest BCUT2D eigenvalue weighted by molar-refractivity contribution is -0.123. The third-order valence-corrected chi connectivity index (χ3v) is 7.40. The Hall–Kier alpha value is -2.33. The molecule has 4 saturated carbocycles. The second kappa shape index (κ2) is 8.07. The van der Waals surface area contributed by atoms with Gasteiger partial charge in [-0.1, -0.05) is 35.9 Å². The van der Waals surface area contributed by atoms with Crippen LogP contribution in [0.2, 0.25) is 5.02 Å². The van der Waals surface area contributed by atoms with Crippen molar-refractivity contribution in [3.8, 4) is 5.75 Å². The van der Waals surface area contributed by atoms with Gasteiger partial charge in [-0.25, -0.2) is 5.43 Å². The molecule has 0 spiro atoms. The van der Waals surface area contributed by atoms with E-state index >= 15 is 0 Å². The second-order valence-electron chi connectivity index (χ2n) is 9.36. The average molecular weight is 423 g/mol. The highest BCUT2D eigenvalue weighted by atomic mass is 35.5. The van der Waals surface area contributed by atoms with Crippen LogP contribution in [0.3, 0.4) is 0 Å². The molecule has 1 N–H and O–H groups in total. The van der Waals surface area contributed by atoms with Gasteiger partial charge >= 0.3 is 0 Å². The highest BCUT2D eigenvalue weighted by Gasteiger charge is 2.51. The Bertz CT molecular complexity index is 901. The minimum absolute atomic E-state index is 0.0608. The number of carbonyl (C=O) groups excluding carboxylic acids is 1. The maximum atomic E-state index is 12.0. The number of benzene rings is 2. The Morgan fingerprint density at radius 3 is 2.20 bits per heavy atom. The van der Waals surface area contributed by atoms with Crippen LogP contribution >= 0.6 is 11.6 Å². The Balaban J connectivity index is 1.14. The van der Waals surface area contributed by atoms with Crippen LogP contribution in [0.25, 0.3) is 0 Å². The van der Waals surface area contributed by atoms with Crippen molar-refractivity contribution in [2.24, 2.45) is 22.9 Å². The van der Waals surface area contributed by atoms with E-state index < -0.39 is 0 Å². The van der Waals surface area contributed by atoms with Gasteiger partial charge in [0.2, 0.25) is 0 Å². The fourth-order valence-electron chi connectivity index (χ4n) is 6.28. The van der Waals surface area contributed by atoms with Crippen LogP contribution < -0.4 is 10.2 Å². The molecule has 4 aliphatic rings. The number of nitrogens with zero attached hydrogens (tertiary/aromatic N) is 1. The first-order valence-corrected chi connectivity index (χ1v) is 11.3. The first-order valence-electron chi connectivity index (χ1n) is 10.9. The van der Waals surface area contributed by atoms with Gasteiger partial charge in [0, 0.05) is 5.02 Å². The molecule has 1 amide bonds. The van der Waals surface area contributed by atoms with E-state index in [2.05, 4.69) is 22.7 Å². The van der Waals surface area contributed by atoms with Gasteiger partial charge in [0.1, 0.15) is 5.75 Å². The molecule has 2 aromatic rings. The van der Waals surface area contributed by atoms with Crippen molar-refractivity contribution in [2.75, 3.05) is 6.61 Å². The average Bonchev–Trinajstić information content (AvgIpc) is 2.73. The first kappa shape index (κ1) is 19.6. The van der Waals surface area contributed by atoms with Crippen molar-refractivity contribution < 1.29 is 9.53 Å². The fourth-order valence-corrected chi connectivity index (χ4v) is 6.40. The van der Waals surface area contributed by atoms with Crippen molar-refractivity contribution in [1.82, 2.24) is 5.43 Å². The Kier molecular flexibility index (Phi) is 5.28. The van der Waals surface area contributed by atoms with Gasteiger partial charge < -0.3 is 4.74 Å². The molecule has 0 atom stereocenters. The molecule has 4 bridgehead atoms. The summed E-state index contributed by atoms with van der Waals surface area (Å²) >= 11 is 5.85. The number of nitrogens with one attached hydrogen (secondary N) is 1. The van der Waals surface area contributed by atoms with Crippen molar-refractivity contribution in [1.29, 1.82) is 0 Å². The summed E-state index contributed by atoms with van der Waals surface area (Å²) in [4.78, 5) is 12.0. The third-order valence-electron chi connectivity index (χ3n) is 7.15. The van der Waals surface area contributed by atoms with Gasteiger partial charge in [-0.15, -0.1) is 0 Å². The summed E-state index contributed by atoms with van der Waals surface area (Å²) in [5.41, 5.74) is 5.20. The molecule has 4 fully saturated rings. The van der Waals surface area contributed by atoms with Crippen LogP contribution in [0.15, 0.2) is 53.6 Å². The van der Waals surface area contributed by atoms with Gasteiger partial charge in [0.05, 0.1) is 6.21 Å². The minimum atomic E-state index is -0.287. The quantitative estimate of drug-likeness (QED) is 0.504. The SMILES string of the molecule is O=C(COc1ccc(C23CC4CC(CC(C4)C2)C3)cc1)NN=Cc1ccc(Cl)cc1. The largest absolute Gasteiger partial charge is 0.484 e. The number of carbonyl (C=O) groups is 1. The highest BCUT2D eigenvalue weighted by molar-refractivity contribution is 6.30. The molecule has 0 aromatic heterocycles. The van der Waals surface area contributed by atoms with Crippen molar-refractivity contribution in [2.45, 2.75) is 43.9 Å². The van der Waals surface area contributed by atoms with E-state index in [1.807, 2.05) is 24.3 Å². The van der Waals surface area contributed by atoms with Crippen molar-refractivity contribution in [3.05, 3.63) is 64.7 Å². The van der Waals surface area contributed by atoms with Gasteiger partial charge in [-0.05, 0) is 97.1 Å². The minimum Gasteiger partial charge on any atom is -0.484 e. The highest BCUT2D eigenvalue weighted by Crippen LogP contribution is 2.60. The molecule has 0 saturated heterocycles. The Labute approximate surface area is 182 Å². The number of amides is 1. The van der Waals surface area contributed by atoms with E-state index in [1.165, 1.54) is 44.1 Å². The predicted octanol–water partition coefficient (Wildman–Crippen LogP) is 5.34. The summed E-state index contributed by atoms with van der Waals surface area (Å²) in [7, 11) is 0. The molecular formula is C25H27ClN2O2. The lowest BCUT2D eigenvalue weighted by Crippen LogP contribution is -2.48. The number of ether oxygens (including phenoxy) is 1. The van der Waals surface area contributed by atoms with E-state index in [1.54, 1.807) is 18.3 Å². The number of halogens is 1. The van der Waals surface area contributed by atoms with Gasteiger partial charge in [-0.2, -0.15) is 5.10 Å². The molecule has 5 heteroatoms. The summed E-state index contributed by atoms with van der Waals surface area (Å²) in [5, 5.41) is 4.62. The zero-order valence-electron chi connectivity index (χ0n) is 17.0. The second-order valence-corrected chi connectivity index (χ2v) is 9.79. The lowest BCUT2D eigenvalue weighted by Gasteiger charge is -2.57. The van der Waals surface area contributed by atoms with Crippen LogP contribution in [-0.4, -0.2) is 18.7 Å². The van der Waals surface area contributed by atoms with Crippen LogP contribution in [-0.2, 0) is 10.2 Å². The summed E-state index contributed by atoms with van der Waals surface area (Å²) in [6, 6.07) is 15.7. The molecule has 0 aliphatic heterocycles. The van der Waals surface area contributed by atoms with Crippen LogP contribution in [0.4, 0.5) is 0 Å². The summed E-state index contributed by atoms with van der Waals surface area (Å²) in [6.45, 7) is -0.0608. The van der Waals surface area contributed by atoms with Gasteiger partial charge in [0.25, 0.3) is 5.91 Å². The van der Waals surface area contributed by atoms with E-state index in [0.717, 1.165) is 29.1 Å². The number of hydrogen-bond acceptors (Lipinski definition) is 3. The first-order chi connectivity index (χ1) is 14.6. The van der Waals surface area contributed by atoms with Crippen LogP contribution in [0.1, 0.15) is 49.7 Å². The summed E-state index contributed by atoms with van der Waals surface area (Å²) < 4.78 is 5.66. The zero-order chi connectivity index (χ0) is 20.6. The zero-order valence-corrected chi connectivity index (χ0v) is 17.8. The van der Waals surface area contributed by atoms with Gasteiger partial charge in [0.15, 0.2) is 6.61 Å². The number of hydrazone groups is 1. The molecule has 0 radical (unpaired) electrons. The molecule has 4 nitrogen and oxygen atoms in total. The molecule has 4 aliphatic carbocycles. The number of hydrogen-bond donors (Lipinski definition) is 1. The molecule has 156 valence electrons. The van der Waals surface area contributed by atoms with Crippen molar-refractivity contribution in [3.63, 3.8) is 0 Å². The summed E-state index contributed by atoms with van der Waals surface area (Å²) in [5.74, 6) is 3.24. The topological polar surface area (TPSA) is 50.7 Å². The Morgan fingerprint density at radius 2 is 1.60 bits per heavy atom. The maximum absolute atomic E-state index is 12.0. The molecule has 2 aromatic carbocycles. The lowest BCUT2D eigenvalue weighted by atomic mass is 9.48. The van der Waals surface area contributed by atoms with E-state index in [0.29, 0.717) is 10.4 Å². The molecule has 6 rings (SSSR count). The smallest absolute Gasteiger partial charge is 0.277 e. The molecule has 30 heavy (non-hydrogen) atoms. The third kappa shape index (κ3) is 4.11. The molecule has 0 heterocycles. The standard InChI is InChI=1S/C25H27ClN2O2/c26-22-5-1-17(2-6-22)15-27-28-24(29)16-30-23-7-3-21(4-8-23)25-12-18-9-19(13-25)11-20(10-18)14-25/h1-8,15,18-20H,9-14,16H2,(H,28,29). The fraction of sp³-hybridized carbons (Fsp3) is 0.440. The van der Waals surface area contributed by atoms with E-state index in [9.17, 15) is 4.79 Å². The molecular weight excluding hydrogens is 396 g/mol. The predicted molar refractivity (Wildman–Crippen MR) is 119 cm³/mol. The monoisotopic (exact) mass is 422 g/mol. The Morgan fingerprint density at radius 1 is 1.00 bits per heavy atom. The van der Waals surface area contributed by atoms with Crippen molar-refractivity contribution >= 4 is 23.7 Å². The van der Waals surface area contributed by atoms with Gasteiger partial charge in [-0.3, -0.25) is 4.79 Å². The maximum Gasteiger partial charge on any atom is 0.277 e. The number of rotatable bonds is 6. The summed E-state index contributed by atoms with van der Waals surface area (Å²) in [6.07, 6.45) is 10.0. The normalized spacial score (nSPS) is 29.3. The van der Waals surface area contributed by atoms with E-state index in [-0.39, 0.29) is 12.5 Å². The van der Waals surface area contributed by atoms with Crippen LogP contribution in [0, 0.1) is 17.8 Å². The molecule has 0 unspecified atom stereocenters. The van der Waals surface area contributed by atoms with E-state index in [4.69, 9.17) is 16.3 Å². The van der Waals surface area contributed by atoms with Crippen LogP contribution in [0.5, 0.6) is 5.75 Å².